The first-order valence-electron chi connectivity index (χ1n) is 4.28. The highest BCUT2D eigenvalue weighted by Gasteiger charge is 2.08. The molecule has 0 atom stereocenters. The second-order valence-corrected chi connectivity index (χ2v) is 3.19. The van der Waals surface area contributed by atoms with Crippen molar-refractivity contribution in [2.45, 2.75) is 26.3 Å². The SMILES string of the molecule is CC(C)NC(=O)CCN(C)/[N+]([O-])=N/[O-]. The maximum absolute atomic E-state index is 11.1. The van der Waals surface area contributed by atoms with E-state index in [1.165, 1.54) is 7.05 Å². The lowest BCUT2D eigenvalue weighted by Gasteiger charge is -2.14. The molecular weight excluding hydrogens is 188 g/mol. The highest BCUT2D eigenvalue weighted by Crippen LogP contribution is 1.90. The fraction of sp³-hybridized carbons (Fsp3) is 0.857. The smallest absolute Gasteiger partial charge is 0.222 e. The van der Waals surface area contributed by atoms with Gasteiger partial charge in [0, 0.05) is 17.4 Å². The number of hydrazine groups is 1. The fourth-order valence-corrected chi connectivity index (χ4v) is 0.805. The minimum absolute atomic E-state index is 0.0698. The zero-order chi connectivity index (χ0) is 11.1. The minimum Gasteiger partial charge on any atom is -0.737 e. The van der Waals surface area contributed by atoms with Crippen LogP contribution in [0.25, 0.3) is 0 Å². The highest BCUT2D eigenvalue weighted by molar-refractivity contribution is 5.76. The van der Waals surface area contributed by atoms with E-state index in [4.69, 9.17) is 0 Å². The summed E-state index contributed by atoms with van der Waals surface area (Å²) in [6, 6.07) is 0.0698. The number of nitrogens with zero attached hydrogens (tertiary/aromatic N) is 3. The number of hydrogen-bond acceptors (Lipinski definition) is 4. The van der Waals surface area contributed by atoms with Crippen molar-refractivity contribution in [1.82, 2.24) is 10.3 Å². The normalized spacial score (nSPS) is 11.6. The van der Waals surface area contributed by atoms with Gasteiger partial charge in [-0.25, -0.2) is 0 Å². The molecule has 0 rings (SSSR count). The lowest BCUT2D eigenvalue weighted by atomic mass is 10.3. The van der Waals surface area contributed by atoms with Gasteiger partial charge in [-0.15, -0.1) is 0 Å². The molecule has 7 nitrogen and oxygen atoms in total. The van der Waals surface area contributed by atoms with Crippen molar-refractivity contribution in [3.05, 3.63) is 10.4 Å². The molecule has 0 unspecified atom stereocenters. The lowest BCUT2D eigenvalue weighted by molar-refractivity contribution is -0.684. The Morgan fingerprint density at radius 3 is 2.64 bits per heavy atom. The quantitative estimate of drug-likeness (QED) is 0.392. The van der Waals surface area contributed by atoms with E-state index in [1.807, 2.05) is 13.8 Å². The van der Waals surface area contributed by atoms with Crippen molar-refractivity contribution in [3.63, 3.8) is 0 Å². The topological polar surface area (TPSA) is 93.8 Å². The second kappa shape index (κ2) is 6.01. The van der Waals surface area contributed by atoms with E-state index in [1.54, 1.807) is 0 Å². The predicted octanol–water partition coefficient (Wildman–Crippen LogP) is 0.208. The average Bonchev–Trinajstić information content (AvgIpc) is 2.11. The summed E-state index contributed by atoms with van der Waals surface area (Å²) in [5.41, 5.74) is 0. The molecule has 0 aliphatic carbocycles. The average molecular weight is 203 g/mol. The van der Waals surface area contributed by atoms with Gasteiger partial charge in [0.2, 0.25) is 5.91 Å². The van der Waals surface area contributed by atoms with Crippen LogP contribution in [0, 0.1) is 10.4 Å². The van der Waals surface area contributed by atoms with Crippen LogP contribution in [-0.2, 0) is 4.79 Å². The molecule has 0 aromatic heterocycles. The summed E-state index contributed by atoms with van der Waals surface area (Å²) in [4.78, 5) is 11.0. The summed E-state index contributed by atoms with van der Waals surface area (Å²) in [5, 5.41) is 26.2. The standard InChI is InChI=1S/C7H16N4O3/c1-6(2)8-7(12)4-5-10(3)11(14)9-13/h6,13H,4-5H2,1-3H3,(H,8,12)/p-1/b11-9-. The van der Waals surface area contributed by atoms with Gasteiger partial charge < -0.3 is 15.7 Å². The Kier molecular flexibility index (Phi) is 5.35. The van der Waals surface area contributed by atoms with Gasteiger partial charge in [0.15, 0.2) is 0 Å². The number of carbonyl (C=O) groups excluding carboxylic acids is 1. The summed E-state index contributed by atoms with van der Waals surface area (Å²) in [7, 11) is 1.39. The monoisotopic (exact) mass is 203 g/mol. The molecule has 0 aromatic carbocycles. The van der Waals surface area contributed by atoms with Crippen LogP contribution in [0.1, 0.15) is 20.3 Å². The Hall–Kier alpha value is -1.53. The third kappa shape index (κ3) is 5.18. The Labute approximate surface area is 82.5 Å². The van der Waals surface area contributed by atoms with Gasteiger partial charge >= 0.3 is 0 Å². The van der Waals surface area contributed by atoms with Crippen LogP contribution in [0.5, 0.6) is 0 Å². The van der Waals surface area contributed by atoms with Gasteiger partial charge in [-0.1, -0.05) is 0 Å². The lowest BCUT2D eigenvalue weighted by Crippen LogP contribution is -2.34. The molecule has 0 radical (unpaired) electrons. The molecule has 82 valence electrons. The van der Waals surface area contributed by atoms with Crippen molar-refractivity contribution >= 4 is 5.91 Å². The fourth-order valence-electron chi connectivity index (χ4n) is 0.805. The maximum atomic E-state index is 11.1. The number of rotatable bonds is 5. The number of nitrogens with one attached hydrogen (secondary N) is 1. The van der Waals surface area contributed by atoms with Gasteiger partial charge in [-0.2, -0.15) is 5.01 Å². The molecule has 0 heterocycles. The van der Waals surface area contributed by atoms with E-state index in [9.17, 15) is 15.2 Å². The van der Waals surface area contributed by atoms with Crippen LogP contribution in [0.2, 0.25) is 0 Å². The third-order valence-electron chi connectivity index (χ3n) is 1.47. The van der Waals surface area contributed by atoms with Gasteiger partial charge in [-0.05, 0) is 19.1 Å². The van der Waals surface area contributed by atoms with E-state index < -0.39 is 0 Å². The Morgan fingerprint density at radius 1 is 1.64 bits per heavy atom. The summed E-state index contributed by atoms with van der Waals surface area (Å²) in [6.07, 6.45) is 0.156. The van der Waals surface area contributed by atoms with E-state index in [0.717, 1.165) is 5.01 Å². The first-order valence-corrected chi connectivity index (χ1v) is 4.28. The van der Waals surface area contributed by atoms with Crippen molar-refractivity contribution < 1.29 is 9.76 Å². The molecule has 7 heteroatoms. The summed E-state index contributed by atoms with van der Waals surface area (Å²) >= 11 is 0. The molecule has 0 aromatic rings. The van der Waals surface area contributed by atoms with Gasteiger partial charge in [0.25, 0.3) is 0 Å². The van der Waals surface area contributed by atoms with E-state index in [0.29, 0.717) is 0 Å². The van der Waals surface area contributed by atoms with Crippen molar-refractivity contribution in [2.24, 2.45) is 5.28 Å². The molecule has 0 saturated heterocycles. The molecule has 0 fully saturated rings. The summed E-state index contributed by atoms with van der Waals surface area (Å²) < 4.78 is 0. The van der Waals surface area contributed by atoms with Crippen LogP contribution in [0.4, 0.5) is 0 Å². The Morgan fingerprint density at radius 2 is 2.21 bits per heavy atom. The molecule has 1 amide bonds. The van der Waals surface area contributed by atoms with Gasteiger partial charge in [-0.3, -0.25) is 4.79 Å². The van der Waals surface area contributed by atoms with Crippen molar-refractivity contribution in [1.29, 1.82) is 0 Å². The Bertz CT molecular complexity index is 217. The van der Waals surface area contributed by atoms with Crippen LogP contribution < -0.4 is 5.32 Å². The molecule has 0 spiro atoms. The summed E-state index contributed by atoms with van der Waals surface area (Å²) in [5.74, 6) is -0.161. The largest absolute Gasteiger partial charge is 0.737 e. The van der Waals surface area contributed by atoms with Crippen LogP contribution >= 0.6 is 0 Å². The zero-order valence-electron chi connectivity index (χ0n) is 8.56. The Balaban J connectivity index is 3.77. The van der Waals surface area contributed by atoms with Gasteiger partial charge in [0.1, 0.15) is 0 Å². The zero-order valence-corrected chi connectivity index (χ0v) is 8.56. The maximum Gasteiger partial charge on any atom is 0.222 e. The predicted molar refractivity (Wildman–Crippen MR) is 49.9 cm³/mol. The highest BCUT2D eigenvalue weighted by atomic mass is 16.6. The summed E-state index contributed by atoms with van der Waals surface area (Å²) in [6.45, 7) is 3.84. The first-order chi connectivity index (χ1) is 6.47. The first kappa shape index (κ1) is 12.5. The molecule has 0 bridgehead atoms. The number of amides is 1. The number of carbonyl (C=O) groups is 1. The molecular formula is C7H15N4O3-. The van der Waals surface area contributed by atoms with Crippen molar-refractivity contribution in [3.8, 4) is 0 Å². The number of hydrogen-bond donors (Lipinski definition) is 1. The van der Waals surface area contributed by atoms with Gasteiger partial charge in [0.05, 0.1) is 13.6 Å². The van der Waals surface area contributed by atoms with Crippen LogP contribution in [0.3, 0.4) is 0 Å². The molecule has 0 aliphatic rings. The van der Waals surface area contributed by atoms with E-state index in [-0.39, 0.29) is 29.9 Å². The molecule has 0 aliphatic heterocycles. The van der Waals surface area contributed by atoms with E-state index in [2.05, 4.69) is 10.6 Å². The van der Waals surface area contributed by atoms with Crippen LogP contribution in [0.15, 0.2) is 5.28 Å². The minimum atomic E-state index is -0.161. The van der Waals surface area contributed by atoms with Crippen molar-refractivity contribution in [2.75, 3.05) is 13.6 Å². The second-order valence-electron chi connectivity index (χ2n) is 3.19. The van der Waals surface area contributed by atoms with E-state index >= 15 is 0 Å². The van der Waals surface area contributed by atoms with Crippen LogP contribution in [-0.4, -0.2) is 35.5 Å². The third-order valence-corrected chi connectivity index (χ3v) is 1.47. The molecule has 14 heavy (non-hydrogen) atoms. The molecule has 0 saturated carbocycles. The molecule has 1 N–H and O–H groups in total.